The molecule has 18 heavy (non-hydrogen) atoms. The van der Waals surface area contributed by atoms with Gasteiger partial charge < -0.3 is 10.4 Å². The van der Waals surface area contributed by atoms with E-state index >= 15 is 0 Å². The first kappa shape index (κ1) is 12.5. The van der Waals surface area contributed by atoms with Crippen LogP contribution in [0.1, 0.15) is 19.3 Å². The molecule has 1 aromatic rings. The number of nitrogens with one attached hydrogen (secondary N) is 2. The largest absolute Gasteiger partial charge is 0.394 e. The van der Waals surface area contributed by atoms with E-state index in [0.717, 1.165) is 25.5 Å². The van der Waals surface area contributed by atoms with Crippen LogP contribution in [0.5, 0.6) is 0 Å². The Labute approximate surface area is 103 Å². The number of anilines is 2. The molecule has 98 valence electrons. The maximum atomic E-state index is 10.9. The summed E-state index contributed by atoms with van der Waals surface area (Å²) in [4.78, 5) is 17.9. The van der Waals surface area contributed by atoms with E-state index in [2.05, 4.69) is 20.7 Å². The highest BCUT2D eigenvalue weighted by Crippen LogP contribution is 2.36. The van der Waals surface area contributed by atoms with E-state index in [1.165, 1.54) is 0 Å². The number of nitrogens with zero attached hydrogens (tertiary/aromatic N) is 3. The number of aliphatic hydroxyl groups excluding tert-OH is 1. The molecule has 0 aliphatic heterocycles. The number of nitro groups is 1. The minimum Gasteiger partial charge on any atom is -0.394 e. The number of nitrogen functional groups attached to an aromatic ring is 1. The molecular formula is C9H14N6O3. The number of rotatable bonds is 5. The fourth-order valence-corrected chi connectivity index (χ4v) is 1.85. The summed E-state index contributed by atoms with van der Waals surface area (Å²) in [6.07, 6.45) is 3.54. The molecule has 0 radical (unpaired) electrons. The van der Waals surface area contributed by atoms with Crippen LogP contribution in [0.3, 0.4) is 0 Å². The molecule has 2 rings (SSSR count). The van der Waals surface area contributed by atoms with E-state index in [0.29, 0.717) is 0 Å². The van der Waals surface area contributed by atoms with Gasteiger partial charge in [-0.1, -0.05) is 0 Å². The Kier molecular flexibility index (Phi) is 3.26. The van der Waals surface area contributed by atoms with Crippen molar-refractivity contribution in [3.05, 3.63) is 16.3 Å². The number of hydrogen-bond donors (Lipinski definition) is 4. The Hall–Kier alpha value is -2.00. The maximum absolute atomic E-state index is 10.9. The van der Waals surface area contributed by atoms with Crippen molar-refractivity contribution in [2.45, 2.75) is 24.8 Å². The highest BCUT2D eigenvalue weighted by atomic mass is 16.6. The lowest BCUT2D eigenvalue weighted by molar-refractivity contribution is -0.384. The Balaban J connectivity index is 2.31. The van der Waals surface area contributed by atoms with Gasteiger partial charge in [0.1, 0.15) is 6.20 Å². The third kappa shape index (κ3) is 2.17. The molecule has 0 amide bonds. The van der Waals surface area contributed by atoms with E-state index in [1.54, 1.807) is 0 Å². The minimum absolute atomic E-state index is 0.0664. The van der Waals surface area contributed by atoms with E-state index in [-0.39, 0.29) is 24.1 Å². The van der Waals surface area contributed by atoms with Crippen molar-refractivity contribution in [2.24, 2.45) is 5.84 Å². The fraction of sp³-hybridized carbons (Fsp3) is 0.556. The van der Waals surface area contributed by atoms with Crippen LogP contribution >= 0.6 is 0 Å². The molecule has 9 heteroatoms. The van der Waals surface area contributed by atoms with Gasteiger partial charge in [-0.2, -0.15) is 4.98 Å². The van der Waals surface area contributed by atoms with Crippen molar-refractivity contribution in [3.8, 4) is 0 Å². The van der Waals surface area contributed by atoms with Crippen molar-refractivity contribution >= 4 is 17.5 Å². The summed E-state index contributed by atoms with van der Waals surface area (Å²) in [5.74, 6) is 5.31. The van der Waals surface area contributed by atoms with Gasteiger partial charge in [0.05, 0.1) is 17.1 Å². The topological polar surface area (TPSA) is 139 Å². The number of nitrogens with two attached hydrogens (primary N) is 1. The van der Waals surface area contributed by atoms with Crippen LogP contribution in [0, 0.1) is 10.1 Å². The highest BCUT2D eigenvalue weighted by Gasteiger charge is 2.38. The summed E-state index contributed by atoms with van der Waals surface area (Å²) in [7, 11) is 0. The molecule has 1 fully saturated rings. The van der Waals surface area contributed by atoms with Crippen molar-refractivity contribution in [1.29, 1.82) is 0 Å². The second-order valence-electron chi connectivity index (χ2n) is 4.25. The standard InChI is InChI=1S/C9H14N6O3/c10-14-8-11-4-6(15(17)18)7(12-8)13-9(5-16)2-1-3-9/h4,16H,1-3,5,10H2,(H2,11,12,13,14). The van der Waals surface area contributed by atoms with Crippen LogP contribution in [0.15, 0.2) is 6.20 Å². The second kappa shape index (κ2) is 4.70. The predicted molar refractivity (Wildman–Crippen MR) is 63.8 cm³/mol. The first-order valence-corrected chi connectivity index (χ1v) is 5.47. The van der Waals surface area contributed by atoms with Gasteiger partial charge in [0.25, 0.3) is 0 Å². The molecule has 0 saturated heterocycles. The first-order chi connectivity index (χ1) is 8.60. The molecule has 1 saturated carbocycles. The van der Waals surface area contributed by atoms with Crippen LogP contribution in [0.4, 0.5) is 17.5 Å². The summed E-state index contributed by atoms with van der Waals surface area (Å²) in [5.41, 5.74) is 1.46. The van der Waals surface area contributed by atoms with E-state index in [4.69, 9.17) is 5.84 Å². The van der Waals surface area contributed by atoms with Gasteiger partial charge in [-0.3, -0.25) is 15.5 Å². The van der Waals surface area contributed by atoms with Gasteiger partial charge in [-0.05, 0) is 19.3 Å². The average molecular weight is 254 g/mol. The molecule has 5 N–H and O–H groups in total. The van der Waals surface area contributed by atoms with Crippen LogP contribution < -0.4 is 16.6 Å². The SMILES string of the molecule is NNc1ncc([N+](=O)[O-])c(NC2(CO)CCC2)n1. The number of aromatic nitrogens is 2. The number of hydrogen-bond acceptors (Lipinski definition) is 8. The highest BCUT2D eigenvalue weighted by molar-refractivity contribution is 5.58. The number of aliphatic hydroxyl groups is 1. The summed E-state index contributed by atoms with van der Waals surface area (Å²) >= 11 is 0. The molecule has 0 aromatic carbocycles. The van der Waals surface area contributed by atoms with Crippen LogP contribution in [0.2, 0.25) is 0 Å². The molecule has 1 heterocycles. The van der Waals surface area contributed by atoms with Crippen molar-refractivity contribution in [3.63, 3.8) is 0 Å². The summed E-state index contributed by atoms with van der Waals surface area (Å²) in [6.45, 7) is -0.0977. The molecule has 0 unspecified atom stereocenters. The Morgan fingerprint density at radius 1 is 1.61 bits per heavy atom. The quantitative estimate of drug-likeness (QED) is 0.327. The first-order valence-electron chi connectivity index (χ1n) is 5.47. The lowest BCUT2D eigenvalue weighted by Gasteiger charge is -2.41. The van der Waals surface area contributed by atoms with Gasteiger partial charge in [-0.15, -0.1) is 0 Å². The smallest absolute Gasteiger partial charge is 0.329 e. The fourth-order valence-electron chi connectivity index (χ4n) is 1.85. The average Bonchev–Trinajstić information content (AvgIpc) is 2.33. The predicted octanol–water partition coefficient (Wildman–Crippen LogP) is -0.00270. The van der Waals surface area contributed by atoms with Gasteiger partial charge in [0.15, 0.2) is 0 Å². The lowest BCUT2D eigenvalue weighted by atomic mass is 9.77. The van der Waals surface area contributed by atoms with Crippen LogP contribution in [0.25, 0.3) is 0 Å². The minimum atomic E-state index is -0.577. The molecule has 9 nitrogen and oxygen atoms in total. The molecule has 1 aliphatic carbocycles. The van der Waals surface area contributed by atoms with Crippen molar-refractivity contribution in [2.75, 3.05) is 17.3 Å². The van der Waals surface area contributed by atoms with E-state index < -0.39 is 10.5 Å². The molecule has 1 aliphatic rings. The molecular weight excluding hydrogens is 240 g/mol. The van der Waals surface area contributed by atoms with Crippen LogP contribution in [-0.2, 0) is 0 Å². The zero-order valence-electron chi connectivity index (χ0n) is 9.59. The van der Waals surface area contributed by atoms with Gasteiger partial charge in [0.2, 0.25) is 11.8 Å². The Bertz CT molecular complexity index is 456. The summed E-state index contributed by atoms with van der Waals surface area (Å²) in [5, 5.41) is 23.1. The monoisotopic (exact) mass is 254 g/mol. The van der Waals surface area contributed by atoms with Gasteiger partial charge in [0, 0.05) is 0 Å². The third-order valence-corrected chi connectivity index (χ3v) is 3.09. The summed E-state index contributed by atoms with van der Waals surface area (Å²) in [6, 6.07) is 0. The van der Waals surface area contributed by atoms with Crippen LogP contribution in [-0.4, -0.2) is 32.1 Å². The van der Waals surface area contributed by atoms with Gasteiger partial charge >= 0.3 is 5.69 Å². The number of hydrazine groups is 1. The lowest BCUT2D eigenvalue weighted by Crippen LogP contribution is -2.48. The Morgan fingerprint density at radius 3 is 2.78 bits per heavy atom. The van der Waals surface area contributed by atoms with E-state index in [1.807, 2.05) is 0 Å². The van der Waals surface area contributed by atoms with Crippen molar-refractivity contribution < 1.29 is 10.0 Å². The Morgan fingerprint density at radius 2 is 2.33 bits per heavy atom. The normalized spacial score (nSPS) is 16.8. The molecule has 1 aromatic heterocycles. The zero-order valence-corrected chi connectivity index (χ0v) is 9.59. The second-order valence-corrected chi connectivity index (χ2v) is 4.25. The van der Waals surface area contributed by atoms with E-state index in [9.17, 15) is 15.2 Å². The summed E-state index contributed by atoms with van der Waals surface area (Å²) < 4.78 is 0. The molecule has 0 bridgehead atoms. The van der Waals surface area contributed by atoms with Crippen molar-refractivity contribution in [1.82, 2.24) is 9.97 Å². The van der Waals surface area contributed by atoms with Gasteiger partial charge in [-0.25, -0.2) is 10.8 Å². The molecule has 0 atom stereocenters. The zero-order chi connectivity index (χ0) is 13.2. The maximum Gasteiger partial charge on any atom is 0.329 e. The third-order valence-electron chi connectivity index (χ3n) is 3.09. The molecule has 0 spiro atoms.